The molecule has 0 atom stereocenters. The Hall–Kier alpha value is -0.279. The number of ether oxygens (including phenoxy) is 1. The van der Waals surface area contributed by atoms with Crippen molar-refractivity contribution in [2.24, 2.45) is 0 Å². The van der Waals surface area contributed by atoms with Gasteiger partial charge in [0.25, 0.3) is 0 Å². The van der Waals surface area contributed by atoms with Crippen LogP contribution in [0.5, 0.6) is 5.75 Å². The molecule has 1 heterocycles. The number of benzene rings is 1. The molecule has 0 saturated carbocycles. The fraction of sp³-hybridized carbons (Fsp3) is 0.308. The van der Waals surface area contributed by atoms with Gasteiger partial charge in [0.15, 0.2) is 0 Å². The van der Waals surface area contributed by atoms with Crippen LogP contribution in [-0.4, -0.2) is 23.1 Å². The van der Waals surface area contributed by atoms with Crippen molar-refractivity contribution >= 4 is 12.4 Å². The summed E-state index contributed by atoms with van der Waals surface area (Å²) in [5, 5.41) is 0. The van der Waals surface area contributed by atoms with Crippen LogP contribution in [0.4, 0.5) is 12.9 Å². The van der Waals surface area contributed by atoms with Crippen molar-refractivity contribution in [2.75, 3.05) is 6.61 Å². The van der Waals surface area contributed by atoms with Crippen LogP contribution < -0.4 is 61.6 Å². The van der Waals surface area contributed by atoms with Gasteiger partial charge in [0.1, 0.15) is 5.75 Å². The Morgan fingerprint density at radius 2 is 2.05 bits per heavy atom. The average Bonchev–Trinajstić information content (AvgIpc) is 2.86. The number of rotatable bonds is 6. The van der Waals surface area contributed by atoms with Crippen LogP contribution in [-0.2, 0) is 6.54 Å². The Bertz CT molecular complexity index is 561. The third kappa shape index (κ3) is 5.78. The van der Waals surface area contributed by atoms with E-state index >= 15 is 0 Å². The van der Waals surface area contributed by atoms with E-state index in [1.54, 1.807) is 12.5 Å². The smallest absolute Gasteiger partial charge is 0.494 e. The van der Waals surface area contributed by atoms with Crippen molar-refractivity contribution in [1.29, 1.82) is 0 Å². The molecule has 2 aromatic rings. The molecule has 1 aromatic heterocycles. The van der Waals surface area contributed by atoms with Crippen molar-refractivity contribution in [3.05, 3.63) is 42.5 Å². The second-order valence-corrected chi connectivity index (χ2v) is 4.60. The van der Waals surface area contributed by atoms with Crippen LogP contribution in [0.1, 0.15) is 12.0 Å². The number of aryl methyl sites for hydroxylation is 2. The largest absolute Gasteiger partial charge is 1.00 e. The van der Waals surface area contributed by atoms with Crippen LogP contribution in [0.3, 0.4) is 0 Å². The minimum Gasteiger partial charge on any atom is -0.494 e. The third-order valence-electron chi connectivity index (χ3n) is 2.98. The summed E-state index contributed by atoms with van der Waals surface area (Å²) in [6.07, 6.45) is 6.02. The molecule has 0 aliphatic carbocycles. The van der Waals surface area contributed by atoms with Crippen molar-refractivity contribution in [2.45, 2.75) is 19.9 Å². The zero-order valence-electron chi connectivity index (χ0n) is 12.1. The monoisotopic (exact) mass is 322 g/mol. The van der Waals surface area contributed by atoms with E-state index in [4.69, 9.17) is 4.74 Å². The molecule has 0 amide bonds. The van der Waals surface area contributed by atoms with E-state index in [0.29, 0.717) is 12.4 Å². The number of hydrogen-bond acceptors (Lipinski definition) is 2. The maximum Gasteiger partial charge on any atom is 1.00 e. The van der Waals surface area contributed by atoms with Crippen LogP contribution in [0, 0.1) is 6.92 Å². The summed E-state index contributed by atoms with van der Waals surface area (Å²) >= 11 is 0. The molecule has 3 nitrogen and oxygen atoms in total. The number of nitrogens with zero attached hydrogens (tertiary/aromatic N) is 2. The Kier molecular flexibility index (Phi) is 7.49. The van der Waals surface area contributed by atoms with E-state index < -0.39 is 12.4 Å². The van der Waals surface area contributed by atoms with Gasteiger partial charge in [0.05, 0.1) is 12.9 Å². The van der Waals surface area contributed by atoms with Gasteiger partial charge in [-0.15, -0.1) is 5.46 Å². The van der Waals surface area contributed by atoms with E-state index in [1.807, 2.05) is 10.8 Å². The molecule has 0 aliphatic heterocycles. The zero-order valence-corrected chi connectivity index (χ0v) is 15.2. The van der Waals surface area contributed by atoms with Gasteiger partial charge in [-0.05, 0) is 25.5 Å². The fourth-order valence-electron chi connectivity index (χ4n) is 1.96. The summed E-state index contributed by atoms with van der Waals surface area (Å²) < 4.78 is 45.4. The molecule has 0 saturated heterocycles. The molecule has 0 aliphatic rings. The topological polar surface area (TPSA) is 27.1 Å². The Morgan fingerprint density at radius 1 is 1.29 bits per heavy atom. The first-order valence-corrected chi connectivity index (χ1v) is 6.36. The summed E-state index contributed by atoms with van der Waals surface area (Å²) in [5.74, 6) is 0.469. The molecular weight excluding hydrogens is 307 g/mol. The number of aromatic nitrogens is 2. The predicted molar refractivity (Wildman–Crippen MR) is 72.2 cm³/mol. The summed E-state index contributed by atoms with van der Waals surface area (Å²) in [6.45, 7) is -2.29. The van der Waals surface area contributed by atoms with Gasteiger partial charge >= 0.3 is 58.4 Å². The Morgan fingerprint density at radius 3 is 2.62 bits per heavy atom. The Balaban J connectivity index is 0.00000220. The molecule has 0 radical (unpaired) electrons. The van der Waals surface area contributed by atoms with E-state index in [2.05, 4.69) is 4.98 Å². The van der Waals surface area contributed by atoms with Crippen LogP contribution in [0.2, 0.25) is 0 Å². The number of hydrogen-bond donors (Lipinski definition) is 0. The SMILES string of the molecule is Cc1cc(OCCCn2ccnc2)ccc1[B-](F)(F)F.[K+]. The van der Waals surface area contributed by atoms with Crippen LogP contribution in [0.15, 0.2) is 36.9 Å². The van der Waals surface area contributed by atoms with Crippen LogP contribution >= 0.6 is 0 Å². The first kappa shape index (κ1) is 18.8. The minimum atomic E-state index is -4.96. The molecule has 0 N–H and O–H groups in total. The van der Waals surface area contributed by atoms with Crippen molar-refractivity contribution < 1.29 is 69.1 Å². The standard InChI is InChI=1S/C13H15BF3N2O.K/c1-11-9-12(3-4-13(11)14(15,16)17)20-8-2-6-19-7-5-18-10-19;/h3-5,7,9-10H,2,6,8H2,1H3;/q-1;+1. The Labute approximate surface area is 164 Å². The van der Waals surface area contributed by atoms with Crippen LogP contribution in [0.25, 0.3) is 0 Å². The van der Waals surface area contributed by atoms with Gasteiger partial charge in [0.2, 0.25) is 0 Å². The molecule has 2 rings (SSSR count). The second kappa shape index (κ2) is 8.38. The van der Waals surface area contributed by atoms with E-state index in [1.165, 1.54) is 19.1 Å². The maximum atomic E-state index is 12.7. The summed E-state index contributed by atoms with van der Waals surface area (Å²) in [5.41, 5.74) is -0.361. The quantitative estimate of drug-likeness (QED) is 0.540. The molecule has 0 unspecified atom stereocenters. The molecule has 0 bridgehead atoms. The van der Waals surface area contributed by atoms with E-state index in [0.717, 1.165) is 19.0 Å². The fourth-order valence-corrected chi connectivity index (χ4v) is 1.96. The molecule has 108 valence electrons. The second-order valence-electron chi connectivity index (χ2n) is 4.60. The number of imidazole rings is 1. The maximum absolute atomic E-state index is 12.7. The van der Waals surface area contributed by atoms with Crippen molar-refractivity contribution in [3.8, 4) is 5.75 Å². The van der Waals surface area contributed by atoms with Crippen molar-refractivity contribution in [1.82, 2.24) is 9.55 Å². The predicted octanol–water partition coefficient (Wildman–Crippen LogP) is -0.281. The van der Waals surface area contributed by atoms with Gasteiger partial charge in [-0.2, -0.15) is 0 Å². The molecule has 21 heavy (non-hydrogen) atoms. The molecule has 1 aromatic carbocycles. The van der Waals surface area contributed by atoms with Gasteiger partial charge in [-0.1, -0.05) is 11.6 Å². The zero-order chi connectivity index (χ0) is 14.6. The molecule has 0 fully saturated rings. The summed E-state index contributed by atoms with van der Waals surface area (Å²) in [4.78, 5) is 3.92. The van der Waals surface area contributed by atoms with E-state index in [9.17, 15) is 12.9 Å². The normalized spacial score (nSPS) is 11.0. The van der Waals surface area contributed by atoms with Crippen molar-refractivity contribution in [3.63, 3.8) is 0 Å². The first-order valence-electron chi connectivity index (χ1n) is 6.36. The third-order valence-corrected chi connectivity index (χ3v) is 2.98. The minimum absolute atomic E-state index is 0. The van der Waals surface area contributed by atoms with Gasteiger partial charge < -0.3 is 22.3 Å². The molecule has 8 heteroatoms. The number of halogens is 3. The van der Waals surface area contributed by atoms with Gasteiger partial charge in [-0.25, -0.2) is 4.98 Å². The molecular formula is C13H15BF3KN2O. The average molecular weight is 322 g/mol. The first-order chi connectivity index (χ1) is 9.47. The summed E-state index contributed by atoms with van der Waals surface area (Å²) in [7, 11) is 0. The van der Waals surface area contributed by atoms with Gasteiger partial charge in [0, 0.05) is 18.9 Å². The summed E-state index contributed by atoms with van der Waals surface area (Å²) in [6, 6.07) is 3.89. The van der Waals surface area contributed by atoms with Gasteiger partial charge in [-0.3, -0.25) is 0 Å². The van der Waals surface area contributed by atoms with E-state index in [-0.39, 0.29) is 56.9 Å². The molecule has 0 spiro atoms.